The highest BCUT2D eigenvalue weighted by Crippen LogP contribution is 2.48. The van der Waals surface area contributed by atoms with Gasteiger partial charge < -0.3 is 4.90 Å². The van der Waals surface area contributed by atoms with Gasteiger partial charge in [-0.15, -0.1) is 23.2 Å². The monoisotopic (exact) mass is 461 g/mol. The summed E-state index contributed by atoms with van der Waals surface area (Å²) in [6.45, 7) is 0. The van der Waals surface area contributed by atoms with E-state index in [0.29, 0.717) is 5.00 Å². The van der Waals surface area contributed by atoms with E-state index in [0.717, 1.165) is 21.7 Å². The Bertz CT molecular complexity index is 692. The lowest BCUT2D eigenvalue weighted by molar-refractivity contribution is -0.383. The second-order valence-corrected chi connectivity index (χ2v) is 12.2. The van der Waals surface area contributed by atoms with Crippen LogP contribution in [-0.4, -0.2) is 43.0 Å². The van der Waals surface area contributed by atoms with Crippen LogP contribution in [0.3, 0.4) is 0 Å². The van der Waals surface area contributed by atoms with Crippen LogP contribution in [0.2, 0.25) is 0 Å². The number of hydrogen-bond acceptors (Lipinski definition) is 7. The Morgan fingerprint density at radius 1 is 1.35 bits per heavy atom. The molecule has 1 rings (SSSR count). The Balaban J connectivity index is 3.21. The van der Waals surface area contributed by atoms with Gasteiger partial charge in [-0.1, -0.05) is 34.5 Å². The van der Waals surface area contributed by atoms with Crippen LogP contribution in [0.15, 0.2) is 6.07 Å². The van der Waals surface area contributed by atoms with E-state index in [1.54, 1.807) is 14.1 Å². The molecule has 0 aromatic carbocycles. The lowest BCUT2D eigenvalue weighted by Gasteiger charge is -2.23. The number of anilines is 2. The van der Waals surface area contributed by atoms with Crippen molar-refractivity contribution < 1.29 is 13.3 Å². The molecule has 23 heavy (non-hydrogen) atoms. The zero-order chi connectivity index (χ0) is 18.2. The molecular weight excluding hydrogens is 452 g/mol. The standard InChI is InChI=1S/C9H11Cl4N3O4S3/c1-14(2)7-5(16(17)18)4-6(21-7)15(3)23(19,20)22-9(12,13)8(10)11/h4,8H,1-3H3. The summed E-state index contributed by atoms with van der Waals surface area (Å²) in [5.41, 5.74) is -0.211. The highest BCUT2D eigenvalue weighted by molar-refractivity contribution is 8.73. The van der Waals surface area contributed by atoms with Gasteiger partial charge in [0.05, 0.1) is 11.0 Å². The van der Waals surface area contributed by atoms with Gasteiger partial charge in [0, 0.05) is 31.9 Å². The van der Waals surface area contributed by atoms with Crippen LogP contribution in [0.5, 0.6) is 0 Å². The van der Waals surface area contributed by atoms with Gasteiger partial charge in [0.1, 0.15) is 5.00 Å². The summed E-state index contributed by atoms with van der Waals surface area (Å²) in [5.74, 6) is 0. The topological polar surface area (TPSA) is 83.8 Å². The zero-order valence-electron chi connectivity index (χ0n) is 11.9. The fraction of sp³-hybridized carbons (Fsp3) is 0.556. The van der Waals surface area contributed by atoms with Crippen LogP contribution in [0, 0.1) is 10.1 Å². The summed E-state index contributed by atoms with van der Waals surface area (Å²) in [7, 11) is 0.494. The molecule has 0 atom stereocenters. The maximum absolute atomic E-state index is 12.3. The molecule has 0 aliphatic rings. The van der Waals surface area contributed by atoms with E-state index in [9.17, 15) is 18.5 Å². The lowest BCUT2D eigenvalue weighted by atomic mass is 10.5. The first kappa shape index (κ1) is 21.2. The van der Waals surface area contributed by atoms with Crippen LogP contribution < -0.4 is 9.21 Å². The zero-order valence-corrected chi connectivity index (χ0v) is 17.3. The third-order valence-corrected chi connectivity index (χ3v) is 10.3. The van der Waals surface area contributed by atoms with Crippen molar-refractivity contribution in [1.29, 1.82) is 0 Å². The highest BCUT2D eigenvalue weighted by Gasteiger charge is 2.41. The Hall–Kier alpha value is 0.160. The van der Waals surface area contributed by atoms with Crippen LogP contribution in [0.1, 0.15) is 0 Å². The normalized spacial score (nSPS) is 12.5. The molecule has 1 aromatic rings. The Labute approximate surface area is 161 Å². The molecule has 0 unspecified atom stereocenters. The van der Waals surface area contributed by atoms with Crippen LogP contribution in [0.25, 0.3) is 0 Å². The van der Waals surface area contributed by atoms with Crippen molar-refractivity contribution in [3.05, 3.63) is 16.2 Å². The molecule has 0 N–H and O–H groups in total. The van der Waals surface area contributed by atoms with Crippen molar-refractivity contribution in [3.8, 4) is 0 Å². The minimum absolute atomic E-state index is 0.123. The Kier molecular flexibility index (Phi) is 7.00. The van der Waals surface area contributed by atoms with Gasteiger partial charge in [-0.3, -0.25) is 14.4 Å². The molecule has 0 aliphatic carbocycles. The van der Waals surface area contributed by atoms with E-state index < -0.39 is 22.5 Å². The van der Waals surface area contributed by atoms with E-state index in [-0.39, 0.29) is 21.5 Å². The first-order valence-electron chi connectivity index (χ1n) is 5.60. The molecule has 0 fully saturated rings. The molecule has 0 amide bonds. The van der Waals surface area contributed by atoms with Crippen LogP contribution >= 0.6 is 68.5 Å². The van der Waals surface area contributed by atoms with Crippen molar-refractivity contribution in [2.45, 2.75) is 8.50 Å². The number of alkyl halides is 4. The van der Waals surface area contributed by atoms with Crippen molar-refractivity contribution in [1.82, 2.24) is 0 Å². The molecule has 0 bridgehead atoms. The second kappa shape index (κ2) is 7.59. The van der Waals surface area contributed by atoms with Gasteiger partial charge in [-0.05, 0) is 0 Å². The largest absolute Gasteiger partial charge is 0.364 e. The fourth-order valence-corrected chi connectivity index (χ4v) is 7.24. The summed E-state index contributed by atoms with van der Waals surface area (Å²) in [5, 5.41) is 11.5. The van der Waals surface area contributed by atoms with Gasteiger partial charge in [0.2, 0.25) is 3.67 Å². The summed E-state index contributed by atoms with van der Waals surface area (Å²) >= 11 is 23.6. The summed E-state index contributed by atoms with van der Waals surface area (Å²) in [6.07, 6.45) is 0. The molecule has 1 aromatic heterocycles. The van der Waals surface area contributed by atoms with Crippen molar-refractivity contribution in [3.63, 3.8) is 0 Å². The number of rotatable bonds is 7. The minimum atomic E-state index is -4.08. The van der Waals surface area contributed by atoms with E-state index in [1.807, 2.05) is 0 Å². The van der Waals surface area contributed by atoms with Crippen LogP contribution in [-0.2, 0) is 9.06 Å². The van der Waals surface area contributed by atoms with E-state index in [1.165, 1.54) is 11.9 Å². The van der Waals surface area contributed by atoms with Crippen molar-refractivity contribution >= 4 is 93.3 Å². The molecule has 0 spiro atoms. The number of hydrogen-bond donors (Lipinski definition) is 0. The minimum Gasteiger partial charge on any atom is -0.364 e. The lowest BCUT2D eigenvalue weighted by Crippen LogP contribution is -2.28. The molecule has 0 radical (unpaired) electrons. The molecule has 0 saturated heterocycles. The van der Waals surface area contributed by atoms with Gasteiger partial charge in [-0.25, -0.2) is 0 Å². The van der Waals surface area contributed by atoms with Gasteiger partial charge >= 0.3 is 5.69 Å². The molecule has 0 aliphatic heterocycles. The van der Waals surface area contributed by atoms with Crippen LogP contribution in [0.4, 0.5) is 15.7 Å². The Morgan fingerprint density at radius 3 is 2.22 bits per heavy atom. The third-order valence-electron chi connectivity index (χ3n) is 2.40. The summed E-state index contributed by atoms with van der Waals surface area (Å²) < 4.78 is 23.5. The number of nitro groups is 1. The predicted molar refractivity (Wildman–Crippen MR) is 100 cm³/mol. The smallest absolute Gasteiger partial charge is 0.305 e. The average Bonchev–Trinajstić information content (AvgIpc) is 2.81. The summed E-state index contributed by atoms with van der Waals surface area (Å²) in [6, 6.07) is 1.15. The first-order chi connectivity index (χ1) is 10.3. The fourth-order valence-electron chi connectivity index (χ4n) is 1.31. The molecule has 7 nitrogen and oxygen atoms in total. The summed E-state index contributed by atoms with van der Waals surface area (Å²) in [4.78, 5) is 10.6. The number of nitrogens with zero attached hydrogens (tertiary/aromatic N) is 3. The number of halogens is 4. The number of thiophene rings is 1. The maximum atomic E-state index is 12.3. The van der Waals surface area contributed by atoms with Crippen molar-refractivity contribution in [2.75, 3.05) is 30.3 Å². The van der Waals surface area contributed by atoms with Gasteiger partial charge in [-0.2, -0.15) is 8.42 Å². The average molecular weight is 463 g/mol. The SMILES string of the molecule is CN(C)c1sc(N(C)S(=O)(=O)SC(Cl)(Cl)C(Cl)Cl)cc1[N+](=O)[O-]. The van der Waals surface area contributed by atoms with E-state index >= 15 is 0 Å². The van der Waals surface area contributed by atoms with E-state index in [4.69, 9.17) is 46.4 Å². The molecule has 1 heterocycles. The molecular formula is C9H11Cl4N3O4S3. The van der Waals surface area contributed by atoms with E-state index in [2.05, 4.69) is 0 Å². The molecule has 0 saturated carbocycles. The highest BCUT2D eigenvalue weighted by atomic mass is 35.5. The Morgan fingerprint density at radius 2 is 1.87 bits per heavy atom. The first-order valence-corrected chi connectivity index (χ1v) is 10.8. The quantitative estimate of drug-likeness (QED) is 0.263. The second-order valence-electron chi connectivity index (χ2n) is 4.30. The van der Waals surface area contributed by atoms with Crippen molar-refractivity contribution in [2.24, 2.45) is 0 Å². The molecule has 14 heteroatoms. The maximum Gasteiger partial charge on any atom is 0.305 e. The molecule has 132 valence electrons. The van der Waals surface area contributed by atoms with Gasteiger partial charge in [0.25, 0.3) is 9.06 Å². The predicted octanol–water partition coefficient (Wildman–Crippen LogP) is 4.07. The third kappa shape index (κ3) is 5.07. The van der Waals surface area contributed by atoms with Gasteiger partial charge in [0.15, 0.2) is 9.84 Å².